The van der Waals surface area contributed by atoms with Crippen LogP contribution in [0.25, 0.3) is 22.0 Å². The minimum absolute atomic E-state index is 0.0138. The van der Waals surface area contributed by atoms with Crippen LogP contribution in [-0.4, -0.2) is 49.6 Å². The van der Waals surface area contributed by atoms with E-state index >= 15 is 8.78 Å². The number of allylic oxidation sites excluding steroid dienone is 1. The molecule has 0 bridgehead atoms. The van der Waals surface area contributed by atoms with Gasteiger partial charge in [0.1, 0.15) is 35.2 Å². The predicted molar refractivity (Wildman–Crippen MR) is 198 cm³/mol. The molecule has 5 N–H and O–H groups in total. The van der Waals surface area contributed by atoms with Gasteiger partial charge in [-0.15, -0.1) is 6.58 Å². The monoisotopic (exact) mass is 832 g/mol. The van der Waals surface area contributed by atoms with E-state index in [-0.39, 0.29) is 40.1 Å². The number of nitrogens with one attached hydrogen (secondary N) is 2. The molecule has 58 heavy (non-hydrogen) atoms. The Morgan fingerprint density at radius 1 is 1.12 bits per heavy atom. The summed E-state index contributed by atoms with van der Waals surface area (Å²) in [7, 11) is -2.79. The number of alkyl halides is 5. The Balaban J connectivity index is 1.53. The summed E-state index contributed by atoms with van der Waals surface area (Å²) in [6.45, 7) is 5.16. The largest absolute Gasteiger partial charge is 0.435 e. The highest BCUT2D eigenvalue weighted by molar-refractivity contribution is 7.90. The third-order valence-corrected chi connectivity index (χ3v) is 9.58. The molecule has 2 aromatic carbocycles. The van der Waals surface area contributed by atoms with Crippen molar-refractivity contribution < 1.29 is 49.1 Å². The van der Waals surface area contributed by atoms with Crippen molar-refractivity contribution in [3.05, 3.63) is 107 Å². The minimum atomic E-state index is -5.14. The lowest BCUT2D eigenvalue weighted by Gasteiger charge is -2.23. The van der Waals surface area contributed by atoms with Gasteiger partial charge in [-0.2, -0.15) is 40.6 Å². The summed E-state index contributed by atoms with van der Waals surface area (Å²) in [5.74, 6) is -2.95. The molecule has 2 atom stereocenters. The first-order chi connectivity index (χ1) is 26.9. The summed E-state index contributed by atoms with van der Waals surface area (Å²) < 4.78 is 130. The highest BCUT2D eigenvalue weighted by Crippen LogP contribution is 2.53. The summed E-state index contributed by atoms with van der Waals surface area (Å²) >= 11 is 0. The molecule has 0 saturated heterocycles. The van der Waals surface area contributed by atoms with E-state index < -0.39 is 93.7 Å². The number of aliphatic hydroxyl groups is 1. The average Bonchev–Trinajstić information content (AvgIpc) is 3.71. The van der Waals surface area contributed by atoms with Crippen LogP contribution in [0.1, 0.15) is 72.6 Å². The summed E-state index contributed by atoms with van der Waals surface area (Å²) in [6.07, 6.45) is -5.51. The Kier molecular flexibility index (Phi) is 11.0. The Morgan fingerprint density at radius 2 is 1.81 bits per heavy atom. The molecule has 5 aromatic rings. The molecule has 6 rings (SSSR count). The van der Waals surface area contributed by atoms with Gasteiger partial charge in [-0.05, 0) is 74.4 Å². The van der Waals surface area contributed by atoms with E-state index in [4.69, 9.17) is 5.14 Å². The predicted octanol–water partition coefficient (Wildman–Crippen LogP) is 6.12. The number of rotatable bonds is 11. The molecular formula is C38H35F7N8O4S. The fourth-order valence-corrected chi connectivity index (χ4v) is 7.48. The Hall–Kier alpha value is -5.78. The van der Waals surface area contributed by atoms with Gasteiger partial charge in [-0.25, -0.2) is 18.9 Å². The first kappa shape index (κ1) is 41.8. The molecule has 306 valence electrons. The lowest BCUT2D eigenvalue weighted by atomic mass is 9.93. The topological polar surface area (TPSA) is 170 Å². The molecule has 3 heterocycles. The Morgan fingerprint density at radius 3 is 2.43 bits per heavy atom. The number of hydrogen-bond acceptors (Lipinski definition) is 7. The molecule has 0 saturated carbocycles. The maximum absolute atomic E-state index is 15.5. The molecular weight excluding hydrogens is 798 g/mol. The van der Waals surface area contributed by atoms with Crippen LogP contribution >= 0.6 is 0 Å². The van der Waals surface area contributed by atoms with Gasteiger partial charge in [0.05, 0.1) is 17.3 Å². The van der Waals surface area contributed by atoms with Crippen molar-refractivity contribution in [2.45, 2.75) is 69.3 Å². The average molecular weight is 833 g/mol. The molecule has 1 amide bonds. The lowest BCUT2D eigenvalue weighted by molar-refractivity contribution is -0.142. The number of hydrogen-bond donors (Lipinski definition) is 4. The summed E-state index contributed by atoms with van der Waals surface area (Å²) in [5.41, 5.74) is -4.00. The van der Waals surface area contributed by atoms with Crippen LogP contribution in [0.3, 0.4) is 0 Å². The number of fused-ring (bicyclic) bond motifs is 2. The molecule has 0 radical (unpaired) electrons. The third-order valence-electron chi connectivity index (χ3n) is 9.10. The van der Waals surface area contributed by atoms with Gasteiger partial charge >= 0.3 is 6.18 Å². The standard InChI is InChI=1S/C38H35F7N8O4S/c1-5-7-21-18-37(41,42)34-30(21)33(38(43,44)45)49-53(34)19-29(54)48-28(16-20-14-22(39)17-23(40)15-20)31-25(11-10-24(47-31)12-13-36(2,3)55)26-8-6-9-27-32(26)52(4)50-35(27)51-58(46,56)57/h5-6,8-11,14-15,17,21,28,55H,1,7,16,18-19H2,2-4H3,(H,48,54)(H,50,51)(H2,46,56,57). The number of halogens is 7. The zero-order valence-electron chi connectivity index (χ0n) is 30.9. The molecule has 12 nitrogen and oxygen atoms in total. The summed E-state index contributed by atoms with van der Waals surface area (Å²) in [6, 6.07) is 8.83. The van der Waals surface area contributed by atoms with Gasteiger partial charge in [0.15, 0.2) is 11.5 Å². The second-order valence-corrected chi connectivity index (χ2v) is 15.6. The first-order valence-corrected chi connectivity index (χ1v) is 18.9. The highest BCUT2D eigenvalue weighted by atomic mass is 32.2. The minimum Gasteiger partial charge on any atom is -0.378 e. The van der Waals surface area contributed by atoms with Crippen LogP contribution in [0, 0.1) is 23.5 Å². The van der Waals surface area contributed by atoms with Crippen LogP contribution in [0.15, 0.2) is 61.2 Å². The number of para-hydroxylation sites is 1. The number of aromatic nitrogens is 5. The van der Waals surface area contributed by atoms with Crippen molar-refractivity contribution >= 4 is 32.8 Å². The number of amides is 1. The second kappa shape index (κ2) is 15.2. The number of carbonyl (C=O) groups excluding carboxylic acids is 1. The van der Waals surface area contributed by atoms with E-state index in [0.717, 1.165) is 12.1 Å². The lowest BCUT2D eigenvalue weighted by Crippen LogP contribution is -2.35. The van der Waals surface area contributed by atoms with Crippen molar-refractivity contribution in [1.29, 1.82) is 0 Å². The van der Waals surface area contributed by atoms with Crippen molar-refractivity contribution in [3.8, 4) is 23.0 Å². The van der Waals surface area contributed by atoms with Crippen LogP contribution in [0.2, 0.25) is 0 Å². The van der Waals surface area contributed by atoms with Crippen LogP contribution < -0.4 is 15.2 Å². The van der Waals surface area contributed by atoms with Crippen molar-refractivity contribution in [3.63, 3.8) is 0 Å². The molecule has 0 fully saturated rings. The molecule has 20 heteroatoms. The maximum Gasteiger partial charge on any atom is 0.435 e. The second-order valence-electron chi connectivity index (χ2n) is 14.3. The number of nitrogens with zero attached hydrogens (tertiary/aromatic N) is 5. The van der Waals surface area contributed by atoms with E-state index in [1.807, 2.05) is 0 Å². The number of nitrogens with two attached hydrogens (primary N) is 1. The first-order valence-electron chi connectivity index (χ1n) is 17.4. The third kappa shape index (κ3) is 9.01. The van der Waals surface area contributed by atoms with Crippen molar-refractivity contribution in [2.75, 3.05) is 4.72 Å². The van der Waals surface area contributed by atoms with E-state index in [1.165, 1.54) is 49.9 Å². The maximum atomic E-state index is 15.5. The smallest absolute Gasteiger partial charge is 0.378 e. The van der Waals surface area contributed by atoms with Crippen LogP contribution in [0.4, 0.5) is 36.6 Å². The normalized spacial score (nSPS) is 15.8. The fourth-order valence-electron chi connectivity index (χ4n) is 7.06. The Labute approximate surface area is 327 Å². The quantitative estimate of drug-likeness (QED) is 0.0706. The van der Waals surface area contributed by atoms with E-state index in [0.29, 0.717) is 21.8 Å². The highest BCUT2D eigenvalue weighted by Gasteiger charge is 2.54. The zero-order chi connectivity index (χ0) is 42.5. The van der Waals surface area contributed by atoms with E-state index in [1.54, 1.807) is 12.1 Å². The van der Waals surface area contributed by atoms with Crippen LogP contribution in [0.5, 0.6) is 0 Å². The number of aryl methyl sites for hydroxylation is 1. The van der Waals surface area contributed by atoms with Gasteiger partial charge in [0.2, 0.25) is 5.91 Å². The van der Waals surface area contributed by atoms with E-state index in [9.17, 15) is 40.3 Å². The zero-order valence-corrected chi connectivity index (χ0v) is 31.7. The summed E-state index contributed by atoms with van der Waals surface area (Å²) in [4.78, 5) is 18.6. The number of pyridine rings is 1. The number of carbonyl (C=O) groups is 1. The van der Waals surface area contributed by atoms with Gasteiger partial charge < -0.3 is 10.4 Å². The van der Waals surface area contributed by atoms with Crippen molar-refractivity contribution in [2.24, 2.45) is 12.2 Å². The van der Waals surface area contributed by atoms with Gasteiger partial charge in [-0.1, -0.05) is 24.1 Å². The molecule has 3 aromatic heterocycles. The Bertz CT molecular complexity index is 2600. The molecule has 1 aliphatic rings. The molecule has 0 spiro atoms. The molecule has 0 aliphatic heterocycles. The SMILES string of the molecule is C=CCC1CC(F)(F)c2c1c(C(F)(F)F)nn2CC(=O)NC(Cc1cc(F)cc(F)c1)c1nc(C#CC(C)(C)O)ccc1-c1cccc2c(NS(N)(=O)=O)nn(C)c12. The van der Waals surface area contributed by atoms with E-state index in [2.05, 4.69) is 43.6 Å². The van der Waals surface area contributed by atoms with Gasteiger partial charge in [0, 0.05) is 41.6 Å². The van der Waals surface area contributed by atoms with Gasteiger partial charge in [0.25, 0.3) is 16.1 Å². The van der Waals surface area contributed by atoms with Crippen molar-refractivity contribution in [1.82, 2.24) is 29.9 Å². The molecule has 1 aliphatic carbocycles. The number of benzene rings is 2. The summed E-state index contributed by atoms with van der Waals surface area (Å²) in [5, 5.41) is 26.1. The fraction of sp³-hybridized carbons (Fsp3) is 0.316. The molecule has 2 unspecified atom stereocenters. The van der Waals surface area contributed by atoms with Gasteiger partial charge in [-0.3, -0.25) is 18.9 Å². The number of anilines is 1. The van der Waals surface area contributed by atoms with Crippen LogP contribution in [-0.2, 0) is 47.1 Å².